The number of benzene rings is 3. The van der Waals surface area contributed by atoms with Gasteiger partial charge in [-0.15, -0.1) is 0 Å². The van der Waals surface area contributed by atoms with Crippen LogP contribution in [0.4, 0.5) is 11.5 Å². The van der Waals surface area contributed by atoms with Crippen LogP contribution in [0.25, 0.3) is 10.9 Å². The minimum atomic E-state index is -0.735. The topological polar surface area (TPSA) is 84.3 Å². The number of anilines is 2. The second-order valence-corrected chi connectivity index (χ2v) is 7.81. The van der Waals surface area contributed by atoms with E-state index in [2.05, 4.69) is 15.3 Å². The van der Waals surface area contributed by atoms with Crippen molar-refractivity contribution in [2.45, 2.75) is 19.3 Å². The zero-order chi connectivity index (χ0) is 21.4. The van der Waals surface area contributed by atoms with Crippen LogP contribution in [0, 0.1) is 12.8 Å². The minimum absolute atomic E-state index is 0.0617. The van der Waals surface area contributed by atoms with E-state index in [-0.39, 0.29) is 11.8 Å². The molecule has 5 rings (SSSR count). The van der Waals surface area contributed by atoms with Crippen LogP contribution in [0.5, 0.6) is 11.5 Å². The number of nitrogens with zero attached hydrogens (tertiary/aromatic N) is 2. The average Bonchev–Trinajstić information content (AvgIpc) is 3.58. The lowest BCUT2D eigenvalue weighted by Crippen LogP contribution is -2.00. The maximum absolute atomic E-state index is 11.2. The van der Waals surface area contributed by atoms with Gasteiger partial charge in [0, 0.05) is 11.1 Å². The number of aryl methyl sites for hydroxylation is 1. The Labute approximate surface area is 179 Å². The molecule has 2 N–H and O–H groups in total. The Morgan fingerprint density at radius 2 is 1.90 bits per heavy atom. The molecule has 1 aliphatic rings. The highest BCUT2D eigenvalue weighted by atomic mass is 16.5. The van der Waals surface area contributed by atoms with Crippen molar-refractivity contribution in [3.8, 4) is 11.5 Å². The van der Waals surface area contributed by atoms with Crippen molar-refractivity contribution in [2.75, 3.05) is 5.32 Å². The van der Waals surface area contributed by atoms with Crippen LogP contribution in [0.3, 0.4) is 0 Å². The van der Waals surface area contributed by atoms with E-state index < -0.39 is 5.97 Å². The summed E-state index contributed by atoms with van der Waals surface area (Å²) in [7, 11) is 0. The third kappa shape index (κ3) is 3.92. The molecular weight excluding hydrogens is 390 g/mol. The number of aliphatic carboxylic acids is 1. The smallest absolute Gasteiger partial charge is 0.307 e. The van der Waals surface area contributed by atoms with E-state index in [1.807, 2.05) is 73.7 Å². The number of carboxylic acids is 1. The molecule has 2 atom stereocenters. The number of carboxylic acid groups (broad SMARTS) is 1. The molecule has 1 saturated carbocycles. The standard InChI is InChI=1S/C25H21N3O3/c1-15-11-17(8-10-23(15)31-18-5-3-2-4-6-18)28-24-21-12-16(19-13-20(19)25(29)30)7-9-22(21)26-14-27-24/h2-12,14,19-20H,13H2,1H3,(H,29,30)(H,26,27,28). The van der Waals surface area contributed by atoms with Crippen LogP contribution < -0.4 is 10.1 Å². The molecule has 1 heterocycles. The number of carbonyl (C=O) groups is 1. The van der Waals surface area contributed by atoms with E-state index in [4.69, 9.17) is 4.74 Å². The summed E-state index contributed by atoms with van der Waals surface area (Å²) in [6.45, 7) is 2.00. The fourth-order valence-corrected chi connectivity index (χ4v) is 3.83. The van der Waals surface area contributed by atoms with Crippen LogP contribution >= 0.6 is 0 Å². The van der Waals surface area contributed by atoms with Crippen molar-refractivity contribution in [3.63, 3.8) is 0 Å². The molecule has 0 radical (unpaired) electrons. The summed E-state index contributed by atoms with van der Waals surface area (Å²) in [5.74, 6) is 1.31. The Morgan fingerprint density at radius 1 is 1.06 bits per heavy atom. The Kier molecular flexibility index (Phi) is 4.75. The number of hydrogen-bond acceptors (Lipinski definition) is 5. The van der Waals surface area contributed by atoms with Crippen LogP contribution in [-0.4, -0.2) is 21.0 Å². The van der Waals surface area contributed by atoms with Gasteiger partial charge < -0.3 is 15.2 Å². The van der Waals surface area contributed by atoms with E-state index in [0.29, 0.717) is 12.2 Å². The minimum Gasteiger partial charge on any atom is -0.481 e. The number of hydrogen-bond donors (Lipinski definition) is 2. The van der Waals surface area contributed by atoms with Gasteiger partial charge in [0.1, 0.15) is 23.6 Å². The van der Waals surface area contributed by atoms with Crippen molar-refractivity contribution < 1.29 is 14.6 Å². The van der Waals surface area contributed by atoms with Crippen LogP contribution in [0.1, 0.15) is 23.5 Å². The zero-order valence-corrected chi connectivity index (χ0v) is 16.9. The lowest BCUT2D eigenvalue weighted by molar-refractivity contribution is -0.138. The molecule has 0 spiro atoms. The number of nitrogens with one attached hydrogen (secondary N) is 1. The van der Waals surface area contributed by atoms with Gasteiger partial charge in [-0.3, -0.25) is 4.79 Å². The molecule has 4 aromatic rings. The van der Waals surface area contributed by atoms with Crippen molar-refractivity contribution in [2.24, 2.45) is 5.92 Å². The highest BCUT2D eigenvalue weighted by Gasteiger charge is 2.44. The first-order chi connectivity index (χ1) is 15.1. The third-order valence-electron chi connectivity index (χ3n) is 5.60. The highest BCUT2D eigenvalue weighted by molar-refractivity contribution is 5.91. The van der Waals surface area contributed by atoms with Gasteiger partial charge in [0.05, 0.1) is 11.4 Å². The molecule has 154 valence electrons. The number of ether oxygens (including phenoxy) is 1. The van der Waals surface area contributed by atoms with Crippen LogP contribution in [0.2, 0.25) is 0 Å². The van der Waals surface area contributed by atoms with E-state index >= 15 is 0 Å². The van der Waals surface area contributed by atoms with E-state index in [1.165, 1.54) is 6.33 Å². The molecule has 1 fully saturated rings. The first-order valence-corrected chi connectivity index (χ1v) is 10.2. The SMILES string of the molecule is Cc1cc(Nc2ncnc3ccc(C4CC4C(=O)O)cc23)ccc1Oc1ccccc1. The molecular formula is C25H21N3O3. The number of fused-ring (bicyclic) bond motifs is 1. The van der Waals surface area contributed by atoms with Crippen LogP contribution in [-0.2, 0) is 4.79 Å². The van der Waals surface area contributed by atoms with Gasteiger partial charge in [-0.2, -0.15) is 0 Å². The fraction of sp³-hybridized carbons (Fsp3) is 0.160. The van der Waals surface area contributed by atoms with Crippen molar-refractivity contribution in [1.29, 1.82) is 0 Å². The van der Waals surface area contributed by atoms with Gasteiger partial charge in [-0.1, -0.05) is 24.3 Å². The molecule has 3 aromatic carbocycles. The summed E-state index contributed by atoms with van der Waals surface area (Å²) in [5, 5.41) is 13.5. The predicted molar refractivity (Wildman–Crippen MR) is 119 cm³/mol. The maximum Gasteiger partial charge on any atom is 0.307 e. The zero-order valence-electron chi connectivity index (χ0n) is 16.9. The van der Waals surface area contributed by atoms with E-state index in [9.17, 15) is 9.90 Å². The lowest BCUT2D eigenvalue weighted by atomic mass is 10.1. The quantitative estimate of drug-likeness (QED) is 0.426. The van der Waals surface area contributed by atoms with Gasteiger partial charge in [0.2, 0.25) is 0 Å². The van der Waals surface area contributed by atoms with Crippen molar-refractivity contribution >= 4 is 28.4 Å². The largest absolute Gasteiger partial charge is 0.481 e. The second kappa shape index (κ2) is 7.72. The Bertz CT molecular complexity index is 1270. The summed E-state index contributed by atoms with van der Waals surface area (Å²) in [6.07, 6.45) is 2.21. The average molecular weight is 411 g/mol. The molecule has 0 saturated heterocycles. The number of rotatable bonds is 6. The Balaban J connectivity index is 1.41. The van der Waals surface area contributed by atoms with Gasteiger partial charge in [-0.25, -0.2) is 9.97 Å². The van der Waals surface area contributed by atoms with Gasteiger partial charge in [0.15, 0.2) is 0 Å². The molecule has 0 bridgehead atoms. The number of para-hydroxylation sites is 1. The second-order valence-electron chi connectivity index (χ2n) is 7.81. The Hall–Kier alpha value is -3.93. The van der Waals surface area contributed by atoms with E-state index in [0.717, 1.165) is 39.2 Å². The van der Waals surface area contributed by atoms with Crippen LogP contribution in [0.15, 0.2) is 73.1 Å². The normalized spacial score (nSPS) is 17.3. The lowest BCUT2D eigenvalue weighted by Gasteiger charge is -2.13. The Morgan fingerprint density at radius 3 is 2.65 bits per heavy atom. The summed E-state index contributed by atoms with van der Waals surface area (Å²) >= 11 is 0. The molecule has 2 unspecified atom stereocenters. The van der Waals surface area contributed by atoms with Gasteiger partial charge >= 0.3 is 5.97 Å². The summed E-state index contributed by atoms with van der Waals surface area (Å²) in [6, 6.07) is 21.5. The third-order valence-corrected chi connectivity index (χ3v) is 5.60. The summed E-state index contributed by atoms with van der Waals surface area (Å²) in [5.41, 5.74) is 3.71. The first kappa shape index (κ1) is 19.1. The predicted octanol–water partition coefficient (Wildman–Crippen LogP) is 5.66. The number of aromatic nitrogens is 2. The monoisotopic (exact) mass is 411 g/mol. The molecule has 31 heavy (non-hydrogen) atoms. The van der Waals surface area contributed by atoms with Crippen molar-refractivity contribution in [3.05, 3.63) is 84.2 Å². The molecule has 1 aliphatic carbocycles. The summed E-state index contributed by atoms with van der Waals surface area (Å²) in [4.78, 5) is 20.0. The van der Waals surface area contributed by atoms with Gasteiger partial charge in [0.25, 0.3) is 0 Å². The molecule has 0 aliphatic heterocycles. The molecule has 6 nitrogen and oxygen atoms in total. The molecule has 6 heteroatoms. The van der Waals surface area contributed by atoms with Gasteiger partial charge in [-0.05, 0) is 72.9 Å². The first-order valence-electron chi connectivity index (χ1n) is 10.2. The highest BCUT2D eigenvalue weighted by Crippen LogP contribution is 2.48. The van der Waals surface area contributed by atoms with E-state index in [1.54, 1.807) is 0 Å². The molecule has 1 aromatic heterocycles. The molecule has 0 amide bonds. The fourth-order valence-electron chi connectivity index (χ4n) is 3.83. The maximum atomic E-state index is 11.2. The summed E-state index contributed by atoms with van der Waals surface area (Å²) < 4.78 is 5.96. The van der Waals surface area contributed by atoms with Crippen molar-refractivity contribution in [1.82, 2.24) is 9.97 Å².